The third-order valence-corrected chi connectivity index (χ3v) is 7.66. The molecule has 0 saturated heterocycles. The van der Waals surface area contributed by atoms with E-state index in [-0.39, 0.29) is 36.8 Å². The van der Waals surface area contributed by atoms with E-state index in [9.17, 15) is 19.5 Å². The van der Waals surface area contributed by atoms with Gasteiger partial charge in [-0.15, -0.1) is 0 Å². The molecule has 0 bridgehead atoms. The molecule has 2 aliphatic rings. The zero-order valence-corrected chi connectivity index (χ0v) is 20.7. The normalized spacial score (nSPS) is 16.4. The number of thioether (sulfide) groups is 1. The molecule has 2 atom stereocenters. The van der Waals surface area contributed by atoms with Crippen molar-refractivity contribution in [3.63, 3.8) is 0 Å². The van der Waals surface area contributed by atoms with Crippen LogP contribution < -0.4 is 10.6 Å². The molecule has 2 aliphatic carbocycles. The average molecular weight is 497 g/mol. The van der Waals surface area contributed by atoms with Crippen LogP contribution in [-0.2, 0) is 14.3 Å². The maximum absolute atomic E-state index is 12.8. The molecular weight excluding hydrogens is 464 g/mol. The summed E-state index contributed by atoms with van der Waals surface area (Å²) in [5.41, 5.74) is 4.61. The minimum atomic E-state index is -1.04. The molecule has 0 aromatic heterocycles. The van der Waals surface area contributed by atoms with Gasteiger partial charge >= 0.3 is 12.1 Å². The summed E-state index contributed by atoms with van der Waals surface area (Å²) in [6.07, 6.45) is 4.65. The van der Waals surface area contributed by atoms with Crippen molar-refractivity contribution in [2.24, 2.45) is 5.92 Å². The summed E-state index contributed by atoms with van der Waals surface area (Å²) in [7, 11) is 0. The van der Waals surface area contributed by atoms with E-state index in [0.717, 1.165) is 41.5 Å². The van der Waals surface area contributed by atoms with Crippen molar-refractivity contribution < 1.29 is 24.2 Å². The fraction of sp³-hybridized carbons (Fsp3) is 0.444. The van der Waals surface area contributed by atoms with Crippen LogP contribution in [0.1, 0.15) is 49.1 Å². The Labute approximate surface area is 210 Å². The highest BCUT2D eigenvalue weighted by atomic mass is 32.2. The molecule has 2 aromatic carbocycles. The van der Waals surface area contributed by atoms with Gasteiger partial charge in [-0.25, -0.2) is 9.59 Å². The summed E-state index contributed by atoms with van der Waals surface area (Å²) in [6.45, 7) is 0.208. The molecule has 8 heteroatoms. The quantitative estimate of drug-likeness (QED) is 0.426. The monoisotopic (exact) mass is 496 g/mol. The van der Waals surface area contributed by atoms with E-state index in [1.165, 1.54) is 11.8 Å². The summed E-state index contributed by atoms with van der Waals surface area (Å²) < 4.78 is 5.66. The number of carboxylic acids is 1. The van der Waals surface area contributed by atoms with E-state index >= 15 is 0 Å². The first-order valence-corrected chi connectivity index (χ1v) is 13.5. The molecule has 1 unspecified atom stereocenters. The lowest BCUT2D eigenvalue weighted by molar-refractivity contribution is -0.142. The molecule has 35 heavy (non-hydrogen) atoms. The minimum Gasteiger partial charge on any atom is -0.480 e. The van der Waals surface area contributed by atoms with E-state index in [2.05, 4.69) is 34.9 Å². The molecule has 0 aliphatic heterocycles. The van der Waals surface area contributed by atoms with Gasteiger partial charge < -0.3 is 20.5 Å². The molecule has 0 heterocycles. The Morgan fingerprint density at radius 3 is 2.20 bits per heavy atom. The number of benzene rings is 2. The minimum absolute atomic E-state index is 0.0358. The Kier molecular flexibility index (Phi) is 8.33. The molecule has 7 nitrogen and oxygen atoms in total. The molecule has 1 saturated carbocycles. The molecule has 3 N–H and O–H groups in total. The summed E-state index contributed by atoms with van der Waals surface area (Å²) in [5.74, 6) is -0.616. The first kappa shape index (κ1) is 25.1. The highest BCUT2D eigenvalue weighted by molar-refractivity contribution is 7.98. The van der Waals surface area contributed by atoms with Gasteiger partial charge in [-0.2, -0.15) is 11.8 Å². The van der Waals surface area contributed by atoms with Gasteiger partial charge in [0.25, 0.3) is 0 Å². The summed E-state index contributed by atoms with van der Waals surface area (Å²) >= 11 is 1.53. The zero-order valence-electron chi connectivity index (χ0n) is 19.9. The SMILES string of the molecule is CSCC[C@H](NC(=O)CC(NC(=O)OCC1c2ccccc2-c2ccccc21)C1CCC1)C(=O)O. The van der Waals surface area contributed by atoms with Crippen molar-refractivity contribution in [2.45, 2.75) is 50.1 Å². The van der Waals surface area contributed by atoms with Gasteiger partial charge in [0.2, 0.25) is 5.91 Å². The molecule has 0 radical (unpaired) electrons. The number of carbonyl (C=O) groups excluding carboxylic acids is 2. The number of carbonyl (C=O) groups is 3. The Hall–Kier alpha value is -3.00. The fourth-order valence-corrected chi connectivity index (χ4v) is 5.39. The van der Waals surface area contributed by atoms with E-state index in [0.29, 0.717) is 12.2 Å². The van der Waals surface area contributed by atoms with Crippen LogP contribution in [0.2, 0.25) is 0 Å². The second kappa shape index (κ2) is 11.6. The van der Waals surface area contributed by atoms with E-state index in [1.807, 2.05) is 30.5 Å². The van der Waals surface area contributed by atoms with E-state index < -0.39 is 18.1 Å². The number of hydrogen-bond donors (Lipinski definition) is 3. The Bertz CT molecular complexity index is 1030. The van der Waals surface area contributed by atoms with Crippen LogP contribution in [0.3, 0.4) is 0 Å². The molecular formula is C27H32N2O5S. The fourth-order valence-electron chi connectivity index (χ4n) is 4.92. The predicted octanol–water partition coefficient (Wildman–Crippen LogP) is 4.41. The van der Waals surface area contributed by atoms with Crippen molar-refractivity contribution in [1.29, 1.82) is 0 Å². The van der Waals surface area contributed by atoms with Crippen LogP contribution in [0.4, 0.5) is 4.79 Å². The number of rotatable bonds is 11. The van der Waals surface area contributed by atoms with Crippen molar-refractivity contribution >= 4 is 29.7 Å². The first-order chi connectivity index (χ1) is 17.0. The van der Waals surface area contributed by atoms with Crippen molar-refractivity contribution in [1.82, 2.24) is 10.6 Å². The first-order valence-electron chi connectivity index (χ1n) is 12.1. The van der Waals surface area contributed by atoms with Crippen LogP contribution >= 0.6 is 11.8 Å². The highest BCUT2D eigenvalue weighted by Crippen LogP contribution is 2.44. The van der Waals surface area contributed by atoms with Crippen LogP contribution in [0.25, 0.3) is 11.1 Å². The Morgan fingerprint density at radius 2 is 1.66 bits per heavy atom. The van der Waals surface area contributed by atoms with Gasteiger partial charge in [-0.3, -0.25) is 4.79 Å². The number of aliphatic carboxylic acids is 1. The van der Waals surface area contributed by atoms with Crippen molar-refractivity contribution in [3.8, 4) is 11.1 Å². The van der Waals surface area contributed by atoms with Crippen LogP contribution in [-0.4, -0.2) is 53.8 Å². The number of hydrogen-bond acceptors (Lipinski definition) is 5. The lowest BCUT2D eigenvalue weighted by Crippen LogP contribution is -2.48. The molecule has 0 spiro atoms. The molecule has 2 aromatic rings. The molecule has 1 fully saturated rings. The van der Waals surface area contributed by atoms with Gasteiger partial charge in [0.1, 0.15) is 12.6 Å². The van der Waals surface area contributed by atoms with Crippen LogP contribution in [0.15, 0.2) is 48.5 Å². The van der Waals surface area contributed by atoms with Gasteiger partial charge in [-0.05, 0) is 59.4 Å². The van der Waals surface area contributed by atoms with Crippen LogP contribution in [0, 0.1) is 5.92 Å². The average Bonchev–Trinajstić information content (AvgIpc) is 3.13. The second-order valence-corrected chi connectivity index (χ2v) is 10.2. The van der Waals surface area contributed by atoms with Gasteiger partial charge in [0, 0.05) is 18.4 Å². The topological polar surface area (TPSA) is 105 Å². The number of fused-ring (bicyclic) bond motifs is 3. The molecule has 2 amide bonds. The van der Waals surface area contributed by atoms with Gasteiger partial charge in [0.15, 0.2) is 0 Å². The number of amides is 2. The van der Waals surface area contributed by atoms with Crippen molar-refractivity contribution in [3.05, 3.63) is 59.7 Å². The number of carboxylic acid groups (broad SMARTS) is 1. The lowest BCUT2D eigenvalue weighted by Gasteiger charge is -2.34. The maximum Gasteiger partial charge on any atom is 0.407 e. The molecule has 186 valence electrons. The second-order valence-electron chi connectivity index (χ2n) is 9.21. The summed E-state index contributed by atoms with van der Waals surface area (Å²) in [4.78, 5) is 36.9. The lowest BCUT2D eigenvalue weighted by atomic mass is 9.78. The Balaban J connectivity index is 1.36. The third-order valence-electron chi connectivity index (χ3n) is 7.02. The highest BCUT2D eigenvalue weighted by Gasteiger charge is 2.33. The number of alkyl carbamates (subject to hydrolysis) is 1. The van der Waals surface area contributed by atoms with Gasteiger partial charge in [-0.1, -0.05) is 55.0 Å². The third kappa shape index (κ3) is 5.99. The van der Waals surface area contributed by atoms with E-state index in [1.54, 1.807) is 0 Å². The largest absolute Gasteiger partial charge is 0.480 e. The maximum atomic E-state index is 12.8. The molecule has 4 rings (SSSR count). The number of ether oxygens (including phenoxy) is 1. The number of nitrogens with one attached hydrogen (secondary N) is 2. The smallest absolute Gasteiger partial charge is 0.407 e. The van der Waals surface area contributed by atoms with E-state index in [4.69, 9.17) is 4.74 Å². The summed E-state index contributed by atoms with van der Waals surface area (Å²) in [6, 6.07) is 15.0. The summed E-state index contributed by atoms with van der Waals surface area (Å²) in [5, 5.41) is 14.9. The van der Waals surface area contributed by atoms with Gasteiger partial charge in [0.05, 0.1) is 0 Å². The predicted molar refractivity (Wildman–Crippen MR) is 137 cm³/mol. The Morgan fingerprint density at radius 1 is 1.03 bits per heavy atom. The van der Waals surface area contributed by atoms with Crippen molar-refractivity contribution in [2.75, 3.05) is 18.6 Å². The zero-order chi connectivity index (χ0) is 24.8. The van der Waals surface area contributed by atoms with Crippen LogP contribution in [0.5, 0.6) is 0 Å². The standard InChI is InChI=1S/C27H32N2O5S/c1-35-14-13-23(26(31)32)28-25(30)15-24(17-7-6-8-17)29-27(33)34-16-22-20-11-4-2-9-18(20)19-10-3-5-12-21(19)22/h2-5,9-12,17,22-24H,6-8,13-16H2,1H3,(H,28,30)(H,29,33)(H,31,32)/t23-,24?/m0/s1.